The summed E-state index contributed by atoms with van der Waals surface area (Å²) in [5.74, 6) is 0.839. The minimum absolute atomic E-state index is 0.584. The molecule has 15 heavy (non-hydrogen) atoms. The molecular weight excluding hydrogens is 182 g/mol. The van der Waals surface area contributed by atoms with Gasteiger partial charge >= 0.3 is 0 Å². The highest BCUT2D eigenvalue weighted by atomic mass is 14.9. The monoisotopic (exact) mass is 203 g/mol. The third kappa shape index (κ3) is 2.40. The van der Waals surface area contributed by atoms with Crippen molar-refractivity contribution in [3.8, 4) is 0 Å². The summed E-state index contributed by atoms with van der Waals surface area (Å²) in [6.07, 6.45) is 2.64. The van der Waals surface area contributed by atoms with Crippen LogP contribution < -0.4 is 5.32 Å². The average molecular weight is 203 g/mol. The lowest BCUT2D eigenvalue weighted by atomic mass is 9.89. The van der Waals surface area contributed by atoms with E-state index in [0.717, 1.165) is 12.5 Å². The Hall–Kier alpha value is -0.820. The van der Waals surface area contributed by atoms with Crippen LogP contribution in [0.3, 0.4) is 0 Å². The Balaban J connectivity index is 2.18. The molecule has 1 fully saturated rings. The van der Waals surface area contributed by atoms with Crippen LogP contribution >= 0.6 is 0 Å². The fraction of sp³-hybridized carbons (Fsp3) is 0.571. The van der Waals surface area contributed by atoms with Crippen LogP contribution in [0.5, 0.6) is 0 Å². The molecule has 1 aliphatic rings. The summed E-state index contributed by atoms with van der Waals surface area (Å²) in [6, 6.07) is 7.36. The largest absolute Gasteiger partial charge is 0.310 e. The van der Waals surface area contributed by atoms with Crippen LogP contribution in [0.25, 0.3) is 0 Å². The predicted octanol–water partition coefficient (Wildman–Crippen LogP) is 3.36. The van der Waals surface area contributed by atoms with Crippen molar-refractivity contribution in [2.45, 2.75) is 39.7 Å². The molecule has 0 spiro atoms. The molecule has 1 saturated heterocycles. The summed E-state index contributed by atoms with van der Waals surface area (Å²) >= 11 is 0. The van der Waals surface area contributed by atoms with Crippen molar-refractivity contribution in [3.05, 3.63) is 34.9 Å². The van der Waals surface area contributed by atoms with Gasteiger partial charge in [0.15, 0.2) is 0 Å². The highest BCUT2D eigenvalue weighted by Crippen LogP contribution is 2.28. The molecular formula is C14H21N. The Morgan fingerprint density at radius 2 is 2.00 bits per heavy atom. The molecule has 1 aliphatic heterocycles. The topological polar surface area (TPSA) is 12.0 Å². The standard InChI is InChI=1S/C14H21N/c1-10-4-6-12(3)13(8-10)14-7-5-11(2)9-15-14/h4,6,8,11,14-15H,5,7,9H2,1-3H3. The van der Waals surface area contributed by atoms with Gasteiger partial charge in [-0.15, -0.1) is 0 Å². The summed E-state index contributed by atoms with van der Waals surface area (Å²) in [5.41, 5.74) is 4.30. The van der Waals surface area contributed by atoms with E-state index in [4.69, 9.17) is 0 Å². The molecule has 1 N–H and O–H groups in total. The lowest BCUT2D eigenvalue weighted by molar-refractivity contribution is 0.332. The van der Waals surface area contributed by atoms with E-state index in [2.05, 4.69) is 44.3 Å². The van der Waals surface area contributed by atoms with Gasteiger partial charge in [0.1, 0.15) is 0 Å². The number of benzene rings is 1. The molecule has 0 aromatic heterocycles. The Labute approximate surface area is 92.9 Å². The molecule has 1 heteroatoms. The van der Waals surface area contributed by atoms with Crippen molar-refractivity contribution in [3.63, 3.8) is 0 Å². The van der Waals surface area contributed by atoms with Crippen LogP contribution in [0.2, 0.25) is 0 Å². The Morgan fingerprint density at radius 3 is 2.67 bits per heavy atom. The zero-order chi connectivity index (χ0) is 10.8. The van der Waals surface area contributed by atoms with Gasteiger partial charge in [-0.05, 0) is 50.3 Å². The fourth-order valence-corrected chi connectivity index (χ4v) is 2.40. The number of piperidine rings is 1. The van der Waals surface area contributed by atoms with E-state index < -0.39 is 0 Å². The zero-order valence-electron chi connectivity index (χ0n) is 10.0. The lowest BCUT2D eigenvalue weighted by Gasteiger charge is -2.29. The van der Waals surface area contributed by atoms with Crippen molar-refractivity contribution in [2.24, 2.45) is 5.92 Å². The molecule has 2 rings (SSSR count). The normalized spacial score (nSPS) is 26.6. The zero-order valence-corrected chi connectivity index (χ0v) is 10.0. The molecule has 1 nitrogen and oxygen atoms in total. The highest BCUT2D eigenvalue weighted by molar-refractivity contribution is 5.33. The first-order valence-electron chi connectivity index (χ1n) is 5.97. The van der Waals surface area contributed by atoms with Crippen LogP contribution in [0.1, 0.15) is 42.5 Å². The summed E-state index contributed by atoms with van der Waals surface area (Å²) in [5, 5.41) is 3.65. The number of nitrogens with one attached hydrogen (secondary N) is 1. The third-order valence-electron chi connectivity index (χ3n) is 3.47. The van der Waals surface area contributed by atoms with Crippen LogP contribution in [0.15, 0.2) is 18.2 Å². The van der Waals surface area contributed by atoms with Gasteiger partial charge in [-0.3, -0.25) is 0 Å². The second-order valence-corrected chi connectivity index (χ2v) is 5.00. The van der Waals surface area contributed by atoms with Gasteiger partial charge < -0.3 is 5.32 Å². The molecule has 0 amide bonds. The summed E-state index contributed by atoms with van der Waals surface area (Å²) in [6.45, 7) is 7.88. The summed E-state index contributed by atoms with van der Waals surface area (Å²) < 4.78 is 0. The van der Waals surface area contributed by atoms with E-state index in [0.29, 0.717) is 6.04 Å². The Bertz CT molecular complexity index is 335. The molecule has 0 bridgehead atoms. The lowest BCUT2D eigenvalue weighted by Crippen LogP contribution is -2.32. The van der Waals surface area contributed by atoms with Crippen molar-refractivity contribution in [1.29, 1.82) is 0 Å². The van der Waals surface area contributed by atoms with Gasteiger partial charge in [0.25, 0.3) is 0 Å². The SMILES string of the molecule is Cc1ccc(C)c(C2CCC(C)CN2)c1. The number of rotatable bonds is 1. The van der Waals surface area contributed by atoms with Gasteiger partial charge in [0.05, 0.1) is 0 Å². The van der Waals surface area contributed by atoms with Gasteiger partial charge in [0.2, 0.25) is 0 Å². The summed E-state index contributed by atoms with van der Waals surface area (Å²) in [4.78, 5) is 0. The highest BCUT2D eigenvalue weighted by Gasteiger charge is 2.19. The Morgan fingerprint density at radius 1 is 1.20 bits per heavy atom. The molecule has 0 radical (unpaired) electrons. The first kappa shape index (κ1) is 10.7. The molecule has 0 aliphatic carbocycles. The third-order valence-corrected chi connectivity index (χ3v) is 3.47. The van der Waals surface area contributed by atoms with Crippen LogP contribution in [-0.4, -0.2) is 6.54 Å². The number of aryl methyl sites for hydroxylation is 2. The van der Waals surface area contributed by atoms with Crippen LogP contribution in [0.4, 0.5) is 0 Å². The first-order chi connectivity index (χ1) is 7.16. The smallest absolute Gasteiger partial charge is 0.0323 e. The van der Waals surface area contributed by atoms with E-state index in [-0.39, 0.29) is 0 Å². The van der Waals surface area contributed by atoms with Crippen molar-refractivity contribution in [1.82, 2.24) is 5.32 Å². The maximum Gasteiger partial charge on any atom is 0.0323 e. The molecule has 2 unspecified atom stereocenters. The van der Waals surface area contributed by atoms with E-state index in [9.17, 15) is 0 Å². The minimum atomic E-state index is 0.584. The van der Waals surface area contributed by atoms with E-state index in [1.54, 1.807) is 0 Å². The first-order valence-corrected chi connectivity index (χ1v) is 5.97. The number of hydrogen-bond donors (Lipinski definition) is 1. The van der Waals surface area contributed by atoms with E-state index in [1.807, 2.05) is 0 Å². The molecule has 1 heterocycles. The number of hydrogen-bond acceptors (Lipinski definition) is 1. The maximum absolute atomic E-state index is 3.65. The minimum Gasteiger partial charge on any atom is -0.310 e. The molecule has 1 aromatic carbocycles. The van der Waals surface area contributed by atoms with Gasteiger partial charge in [-0.2, -0.15) is 0 Å². The predicted molar refractivity (Wildman–Crippen MR) is 65.1 cm³/mol. The van der Waals surface area contributed by atoms with Crippen LogP contribution in [0, 0.1) is 19.8 Å². The quantitative estimate of drug-likeness (QED) is 0.738. The fourth-order valence-electron chi connectivity index (χ4n) is 2.40. The van der Waals surface area contributed by atoms with Crippen molar-refractivity contribution < 1.29 is 0 Å². The van der Waals surface area contributed by atoms with E-state index >= 15 is 0 Å². The van der Waals surface area contributed by atoms with Gasteiger partial charge in [0, 0.05) is 6.04 Å². The molecule has 82 valence electrons. The van der Waals surface area contributed by atoms with Gasteiger partial charge in [-0.1, -0.05) is 30.7 Å². The van der Waals surface area contributed by atoms with Crippen LogP contribution in [-0.2, 0) is 0 Å². The van der Waals surface area contributed by atoms with Crippen molar-refractivity contribution in [2.75, 3.05) is 6.54 Å². The molecule has 2 atom stereocenters. The molecule has 0 saturated carbocycles. The average Bonchev–Trinajstić information content (AvgIpc) is 2.23. The van der Waals surface area contributed by atoms with E-state index in [1.165, 1.54) is 29.5 Å². The molecule has 1 aromatic rings. The second-order valence-electron chi connectivity index (χ2n) is 5.00. The Kier molecular flexibility index (Phi) is 3.11. The van der Waals surface area contributed by atoms with Gasteiger partial charge in [-0.25, -0.2) is 0 Å². The second kappa shape index (κ2) is 4.36. The summed E-state index contributed by atoms with van der Waals surface area (Å²) in [7, 11) is 0. The van der Waals surface area contributed by atoms with Crippen molar-refractivity contribution >= 4 is 0 Å². The maximum atomic E-state index is 3.65.